The normalized spacial score (nSPS) is 13.6. The average Bonchev–Trinajstić information content (AvgIpc) is 0.712. The minimum Gasteiger partial charge on any atom is -0.506 e. The van der Waals surface area contributed by atoms with E-state index in [1.807, 2.05) is 30.3 Å². The molecule has 0 radical (unpaired) electrons. The van der Waals surface area contributed by atoms with Crippen LogP contribution in [0.5, 0.6) is 0 Å². The number of allylic oxidation sites excluding steroid dienone is 2. The number of aliphatic hydroxyl groups excluding tert-OH is 1. The molecular weight excluding hydrogens is 1500 g/mol. The topological polar surface area (TPSA) is 239 Å². The molecule has 3 aliphatic rings. The van der Waals surface area contributed by atoms with Crippen LogP contribution in [0.1, 0.15) is 261 Å². The van der Waals surface area contributed by atoms with E-state index in [4.69, 9.17) is 23.9 Å². The molecule has 0 saturated heterocycles. The van der Waals surface area contributed by atoms with Crippen molar-refractivity contribution in [1.29, 1.82) is 0 Å². The molecule has 2 heterocycles. The predicted molar refractivity (Wildman–Crippen MR) is 538 cm³/mol. The van der Waals surface area contributed by atoms with Gasteiger partial charge in [0.2, 0.25) is 5.78 Å². The second kappa shape index (κ2) is 56.0. The molecule has 0 bridgehead atoms. The number of carbonyl (C=O) groups is 5. The fourth-order valence-electron chi connectivity index (χ4n) is 13.3. The number of benzene rings is 4. The Morgan fingerprint density at radius 3 is 1.17 bits per heavy atom. The van der Waals surface area contributed by atoms with Crippen LogP contribution in [0.25, 0.3) is 32.7 Å². The standard InChI is InChI=1S/C102H102N8O10.34H2/c1-5-9-13-17-21-25-29-33-37-41-45-49-53-57-61-75-103-97(113)117-79-101(80-118-98(114)104-76-62-58-54-50-46-42-38-34-30-26-22-18-14-10-6-2)107-87-69-65-67-83-71-73-85(93(109-101)89(83)87)91-95(111)92(96(91)112)86-74-72-84-68-66-70-88-90(84)94(86)110-102(108-88,81-119-99(115)105-77-63-59-55-51-47-43-39-35-31-27-23-19-15-11-7-3)82-120-100(116)106-78-64-60-56-52-48-44-40-36-32-28-24-20-16-12-8-4;;;;;;;;;;;;;;;;;;;;;;;;;;;;;;;;;;/h65-75,77,107-109,111H,1,3,6,8,10,12,14,16,18,20,22,24,26,28,30,32,34,36,38,40,42,44,46,48,50,52,54,56,58,60,62,64,76,78-82H2,2,4H3,(H,103,113)(H,104,114)(H,105,115)(H,106,116);34*1H/b92-86-;;;;;;;;;;;;;;;;;;;;;;;;;;;;;;;;;;. The third-order valence-electron chi connectivity index (χ3n) is 19.2. The fourth-order valence-corrected chi connectivity index (χ4v) is 13.3. The second-order valence-corrected chi connectivity index (χ2v) is 28.3. The summed E-state index contributed by atoms with van der Waals surface area (Å²) in [7, 11) is 0. The smallest absolute Gasteiger partial charge is 0.411 e. The van der Waals surface area contributed by atoms with Gasteiger partial charge >= 0.3 is 24.4 Å². The highest BCUT2D eigenvalue weighted by atomic mass is 16.6. The largest absolute Gasteiger partial charge is 0.506 e. The lowest BCUT2D eigenvalue weighted by Crippen LogP contribution is -2.57. The Balaban J connectivity index is -0.000000180. The van der Waals surface area contributed by atoms with Gasteiger partial charge in [-0.05, 0) is 209 Å². The van der Waals surface area contributed by atoms with E-state index in [-0.39, 0.29) is 81.6 Å². The molecule has 2 unspecified atom stereocenters. The summed E-state index contributed by atoms with van der Waals surface area (Å²) in [6.07, 6.45) is 35.1. The number of anilines is 3. The maximum absolute atomic E-state index is 15.4. The Labute approximate surface area is 754 Å². The molecule has 678 valence electrons. The van der Waals surface area contributed by atoms with E-state index in [1.54, 1.807) is 30.3 Å². The highest BCUT2D eigenvalue weighted by molar-refractivity contribution is 6.52. The van der Waals surface area contributed by atoms with Crippen molar-refractivity contribution < 1.29 is 96.5 Å². The van der Waals surface area contributed by atoms with E-state index < -0.39 is 67.9 Å². The van der Waals surface area contributed by atoms with Crippen LogP contribution < -0.4 is 47.8 Å². The zero-order valence-electron chi connectivity index (χ0n) is 68.9. The first kappa shape index (κ1) is 92.8. The number of hydrogen-bond acceptors (Lipinski definition) is 14. The molecule has 120 heavy (non-hydrogen) atoms. The van der Waals surface area contributed by atoms with Crippen LogP contribution in [0, 0.1) is 0 Å². The molecule has 2 atom stereocenters. The number of alkyl carbamates (subject to hydrolysis) is 4. The average molecular weight is 1670 g/mol. The molecule has 8 N–H and O–H groups in total. The van der Waals surface area contributed by atoms with Crippen molar-refractivity contribution in [1.82, 2.24) is 21.3 Å². The third kappa shape index (κ3) is 33.8. The molecule has 0 aromatic heterocycles. The van der Waals surface area contributed by atoms with E-state index in [9.17, 15) is 24.3 Å². The van der Waals surface area contributed by atoms with Gasteiger partial charge in [-0.15, -0.1) is 0 Å². The molecule has 0 spiro atoms. The van der Waals surface area contributed by atoms with Crippen molar-refractivity contribution in [2.45, 2.75) is 218 Å². The molecule has 0 saturated carbocycles. The van der Waals surface area contributed by atoms with E-state index in [0.717, 1.165) is 69.2 Å². The van der Waals surface area contributed by atoms with Crippen molar-refractivity contribution >= 4 is 79.9 Å². The van der Waals surface area contributed by atoms with Gasteiger partial charge in [-0.2, -0.15) is 0 Å². The first-order valence-corrected chi connectivity index (χ1v) is 41.4. The summed E-state index contributed by atoms with van der Waals surface area (Å²) in [5, 5.41) is 36.7. The van der Waals surface area contributed by atoms with Crippen LogP contribution in [0.15, 0.2) is 269 Å². The van der Waals surface area contributed by atoms with Gasteiger partial charge in [-0.25, -0.2) is 24.2 Å². The summed E-state index contributed by atoms with van der Waals surface area (Å²) in [6.45, 7) is 10.1. The molecule has 2 aliphatic heterocycles. The molecule has 0 fully saturated rings. The first-order chi connectivity index (χ1) is 59.0. The summed E-state index contributed by atoms with van der Waals surface area (Å²) < 4.78 is 23.6. The van der Waals surface area contributed by atoms with E-state index >= 15 is 4.79 Å². The SMILES string of the molecule is C=C=C=C=C=C=C=C=C=C=C=C=C=C=C=C=CNC(=O)OCC1(COC(=O)NCCCCCCCCCCCCCCCCC)N=c2/c(=C3\C(=O)C(c4ccc5cccc6c5c4NC(COC(=O)NC=C=C=C=C=C=C=C=C=C=C=C=C=C=C=C=C)(COC(=O)NCCCCCCCCCCCCCCCCC)N6)=C3O)ccc3cccc(c23)N1.[HH].[HH].[HH].[HH].[HH].[HH].[HH].[HH].[HH].[HH].[HH].[HH].[HH].[HH].[HH].[HH].[HH].[HH].[HH].[HH].[HH].[HH].[HH].[HH].[HH].[HH].[HH].[HH].[HH].[HH].[HH].[HH].[HH].[HH]. The number of hydrogen-bond donors (Lipinski definition) is 8. The third-order valence-corrected chi connectivity index (χ3v) is 19.2. The van der Waals surface area contributed by atoms with E-state index in [1.165, 1.54) is 141 Å². The van der Waals surface area contributed by atoms with Gasteiger partial charge in [0.05, 0.1) is 34.6 Å². The molecule has 7 rings (SSSR count). The lowest BCUT2D eigenvalue weighted by Gasteiger charge is -2.41. The maximum Gasteiger partial charge on any atom is 0.411 e. The molecular formula is C102H170N8O10. The van der Waals surface area contributed by atoms with Gasteiger partial charge in [0, 0.05) is 94.5 Å². The van der Waals surface area contributed by atoms with Crippen molar-refractivity contribution in [3.05, 3.63) is 280 Å². The van der Waals surface area contributed by atoms with E-state index in [0.29, 0.717) is 46.3 Å². The van der Waals surface area contributed by atoms with Crippen LogP contribution >= 0.6 is 0 Å². The summed E-state index contributed by atoms with van der Waals surface area (Å²) in [5.74, 6) is -0.936. The quantitative estimate of drug-likeness (QED) is 0.0117. The van der Waals surface area contributed by atoms with Crippen molar-refractivity contribution in [3.8, 4) is 0 Å². The molecule has 1 aliphatic carbocycles. The lowest BCUT2D eigenvalue weighted by atomic mass is 9.80. The number of aliphatic hydroxyl groups is 1. The summed E-state index contributed by atoms with van der Waals surface area (Å²) in [6, 6.07) is 17.9. The minimum atomic E-state index is -1.72. The predicted octanol–water partition coefficient (Wildman–Crippen LogP) is 28.9. The van der Waals surface area contributed by atoms with Gasteiger partial charge in [-0.1, -0.05) is 254 Å². The van der Waals surface area contributed by atoms with Gasteiger partial charge in [0.1, 0.15) is 32.2 Å². The van der Waals surface area contributed by atoms with Crippen LogP contribution in [-0.2, 0) is 23.7 Å². The Bertz CT molecular complexity index is 5960. The second-order valence-electron chi connectivity index (χ2n) is 28.3. The maximum atomic E-state index is 15.4. The van der Waals surface area contributed by atoms with Gasteiger partial charge in [0.15, 0.2) is 11.3 Å². The summed E-state index contributed by atoms with van der Waals surface area (Å²) in [5.41, 5.74) is 73.7. The van der Waals surface area contributed by atoms with Crippen LogP contribution in [-0.4, -0.2) is 86.1 Å². The van der Waals surface area contributed by atoms with Crippen LogP contribution in [0.3, 0.4) is 0 Å². The molecule has 18 nitrogen and oxygen atoms in total. The minimum absolute atomic E-state index is 0. The summed E-state index contributed by atoms with van der Waals surface area (Å²) >= 11 is 0. The molecule has 4 aromatic carbocycles. The number of ether oxygens (including phenoxy) is 4. The highest BCUT2D eigenvalue weighted by Gasteiger charge is 2.44. The number of nitrogens with zero attached hydrogens (tertiary/aromatic N) is 1. The number of unbranched alkanes of at least 4 members (excludes halogenated alkanes) is 28. The van der Waals surface area contributed by atoms with Crippen LogP contribution in [0.2, 0.25) is 0 Å². The van der Waals surface area contributed by atoms with Gasteiger partial charge < -0.3 is 50.6 Å². The Morgan fingerprint density at radius 1 is 0.408 bits per heavy atom. The molecule has 4 amide bonds. The molecule has 18 heteroatoms. The van der Waals surface area contributed by atoms with Crippen LogP contribution in [0.4, 0.5) is 36.2 Å². The Hall–Kier alpha value is -14.4. The number of rotatable bonds is 43. The number of nitrogens with one attached hydrogen (secondary N) is 7. The first-order valence-electron chi connectivity index (χ1n) is 41.4. The Morgan fingerprint density at radius 2 is 0.758 bits per heavy atom. The van der Waals surface area contributed by atoms with Crippen molar-refractivity contribution in [3.63, 3.8) is 0 Å². The highest BCUT2D eigenvalue weighted by Crippen LogP contribution is 2.47. The zero-order chi connectivity index (χ0) is 85.0. The number of ketones is 1. The van der Waals surface area contributed by atoms with Gasteiger partial charge in [0.25, 0.3) is 0 Å². The summed E-state index contributed by atoms with van der Waals surface area (Å²) in [4.78, 5) is 74.9. The molecule has 4 aromatic rings. The zero-order valence-corrected chi connectivity index (χ0v) is 68.9. The fraction of sp³-hybridized carbons (Fsp3) is 0.392. The van der Waals surface area contributed by atoms with Crippen molar-refractivity contribution in [2.24, 2.45) is 4.99 Å². The Kier molecular flexibility index (Phi) is 43.3. The number of Topliss-reactive ketones (excluding diaryl/α,β-unsaturated/α-hetero) is 1. The number of carbonyl (C=O) groups excluding carboxylic acids is 5. The van der Waals surface area contributed by atoms with E-state index in [2.05, 4.69) is 236 Å². The lowest BCUT2D eigenvalue weighted by molar-refractivity contribution is -0.110. The number of amides is 4. The van der Waals surface area contributed by atoms with Crippen molar-refractivity contribution in [2.75, 3.05) is 55.5 Å². The monoisotopic (exact) mass is 1670 g/mol. The van der Waals surface area contributed by atoms with Gasteiger partial charge in [-0.3, -0.25) is 15.4 Å².